The summed E-state index contributed by atoms with van der Waals surface area (Å²) < 4.78 is 6.55. The Morgan fingerprint density at radius 3 is 2.92 bits per heavy atom. The van der Waals surface area contributed by atoms with Crippen molar-refractivity contribution < 1.29 is 9.53 Å². The van der Waals surface area contributed by atoms with Crippen molar-refractivity contribution in [2.45, 2.75) is 6.54 Å². The molecule has 1 aromatic carbocycles. The molecule has 5 nitrogen and oxygen atoms in total. The van der Waals surface area contributed by atoms with Crippen molar-refractivity contribution in [3.05, 3.63) is 58.1 Å². The van der Waals surface area contributed by atoms with Crippen LogP contribution in [-0.2, 0) is 11.3 Å². The molecule has 7 heteroatoms. The number of benzene rings is 1. The van der Waals surface area contributed by atoms with Gasteiger partial charge in [0.15, 0.2) is 0 Å². The highest BCUT2D eigenvalue weighted by molar-refractivity contribution is 7.17. The topological polar surface area (TPSA) is 54.5 Å². The molecule has 0 radical (unpaired) electrons. The first-order valence-corrected chi connectivity index (χ1v) is 9.69. The molecule has 26 heavy (non-hydrogen) atoms. The van der Waals surface area contributed by atoms with Gasteiger partial charge in [-0.15, -0.1) is 11.3 Å². The number of nitrogens with one attached hydrogen (secondary N) is 1. The average molecular weight is 388 g/mol. The molecule has 3 aromatic rings. The molecule has 3 heterocycles. The van der Waals surface area contributed by atoms with Crippen LogP contribution in [0.25, 0.3) is 10.1 Å². The summed E-state index contributed by atoms with van der Waals surface area (Å²) in [6.07, 6.45) is 1.58. The Morgan fingerprint density at radius 2 is 2.12 bits per heavy atom. The molecule has 1 aliphatic rings. The smallest absolute Gasteiger partial charge is 0.255 e. The highest BCUT2D eigenvalue weighted by Crippen LogP contribution is 2.24. The van der Waals surface area contributed by atoms with Gasteiger partial charge in [0, 0.05) is 30.5 Å². The van der Waals surface area contributed by atoms with Crippen molar-refractivity contribution in [1.82, 2.24) is 9.88 Å². The van der Waals surface area contributed by atoms with Gasteiger partial charge >= 0.3 is 0 Å². The monoisotopic (exact) mass is 387 g/mol. The van der Waals surface area contributed by atoms with Crippen LogP contribution in [-0.4, -0.2) is 42.1 Å². The standard InChI is InChI=1S/C19H18ClN3O2S/c20-16-10-15(19(24)23-4-6-25-7-5-23)12-22-18(16)21-11-13-1-2-17-14(9-13)3-8-26-17/h1-3,8-10,12H,4-7,11H2,(H,21,22). The Kier molecular flexibility index (Phi) is 5.06. The lowest BCUT2D eigenvalue weighted by atomic mass is 10.1. The molecule has 0 bridgehead atoms. The van der Waals surface area contributed by atoms with Gasteiger partial charge in [0.05, 0.1) is 23.8 Å². The molecule has 1 aliphatic heterocycles. The maximum atomic E-state index is 12.5. The fourth-order valence-electron chi connectivity index (χ4n) is 2.95. The molecule has 0 spiro atoms. The number of aromatic nitrogens is 1. The van der Waals surface area contributed by atoms with Crippen molar-refractivity contribution in [2.24, 2.45) is 0 Å². The van der Waals surface area contributed by atoms with Crippen molar-refractivity contribution in [2.75, 3.05) is 31.6 Å². The minimum atomic E-state index is -0.0582. The Balaban J connectivity index is 1.44. The Labute approximate surface area is 160 Å². The quantitative estimate of drug-likeness (QED) is 0.734. The summed E-state index contributed by atoms with van der Waals surface area (Å²) in [7, 11) is 0. The molecular weight excluding hydrogens is 370 g/mol. The Bertz CT molecular complexity index is 937. The Hall–Kier alpha value is -2.15. The number of thiophene rings is 1. The molecule has 0 atom stereocenters. The zero-order valence-corrected chi connectivity index (χ0v) is 15.6. The van der Waals surface area contributed by atoms with E-state index < -0.39 is 0 Å². The van der Waals surface area contributed by atoms with Crippen LogP contribution in [0.2, 0.25) is 5.02 Å². The van der Waals surface area contributed by atoms with Crippen LogP contribution in [0.1, 0.15) is 15.9 Å². The second-order valence-corrected chi connectivity index (χ2v) is 7.46. The van der Waals surface area contributed by atoms with E-state index in [-0.39, 0.29) is 5.91 Å². The average Bonchev–Trinajstić information content (AvgIpc) is 3.15. The molecule has 1 amide bonds. The number of carbonyl (C=O) groups excluding carboxylic acids is 1. The van der Waals surface area contributed by atoms with Crippen molar-refractivity contribution in [1.29, 1.82) is 0 Å². The fourth-order valence-corrected chi connectivity index (χ4v) is 3.95. The molecule has 0 aliphatic carbocycles. The summed E-state index contributed by atoms with van der Waals surface area (Å²) in [6, 6.07) is 10.2. The van der Waals surface area contributed by atoms with E-state index in [1.165, 1.54) is 10.1 Å². The number of anilines is 1. The van der Waals surface area contributed by atoms with Crippen LogP contribution < -0.4 is 5.32 Å². The van der Waals surface area contributed by atoms with Crippen molar-refractivity contribution in [3.63, 3.8) is 0 Å². The summed E-state index contributed by atoms with van der Waals surface area (Å²) in [4.78, 5) is 18.6. The first-order chi connectivity index (χ1) is 12.7. The lowest BCUT2D eigenvalue weighted by Gasteiger charge is -2.26. The lowest BCUT2D eigenvalue weighted by molar-refractivity contribution is 0.0302. The predicted octanol–water partition coefficient (Wildman–Crippen LogP) is 4.03. The number of ether oxygens (including phenoxy) is 1. The van der Waals surface area contributed by atoms with Gasteiger partial charge in [-0.2, -0.15) is 0 Å². The van der Waals surface area contributed by atoms with Crippen LogP contribution in [0.4, 0.5) is 5.82 Å². The SMILES string of the molecule is O=C(c1cnc(NCc2ccc3sccc3c2)c(Cl)c1)N1CCOCC1. The lowest BCUT2D eigenvalue weighted by Crippen LogP contribution is -2.40. The molecule has 1 N–H and O–H groups in total. The number of hydrogen-bond donors (Lipinski definition) is 1. The number of pyridine rings is 1. The van der Waals surface area contributed by atoms with Gasteiger partial charge in [0.1, 0.15) is 5.82 Å². The Morgan fingerprint density at radius 1 is 1.27 bits per heavy atom. The van der Waals surface area contributed by atoms with Gasteiger partial charge in [-0.1, -0.05) is 17.7 Å². The molecule has 1 saturated heterocycles. The van der Waals surface area contributed by atoms with E-state index in [2.05, 4.69) is 39.9 Å². The van der Waals surface area contributed by atoms with Crippen LogP contribution in [0, 0.1) is 0 Å². The highest BCUT2D eigenvalue weighted by atomic mass is 35.5. The number of carbonyl (C=O) groups is 1. The van der Waals surface area contributed by atoms with E-state index in [9.17, 15) is 4.79 Å². The van der Waals surface area contributed by atoms with Gasteiger partial charge in [-0.05, 0) is 40.6 Å². The van der Waals surface area contributed by atoms with Crippen molar-refractivity contribution in [3.8, 4) is 0 Å². The third kappa shape index (κ3) is 3.67. The number of fused-ring (bicyclic) bond motifs is 1. The van der Waals surface area contributed by atoms with Crippen molar-refractivity contribution >= 4 is 44.7 Å². The molecule has 1 fully saturated rings. The molecule has 0 saturated carbocycles. The largest absolute Gasteiger partial charge is 0.378 e. The zero-order chi connectivity index (χ0) is 17.9. The number of nitrogens with zero attached hydrogens (tertiary/aromatic N) is 2. The normalized spacial score (nSPS) is 14.6. The van der Waals surface area contributed by atoms with E-state index in [0.717, 1.165) is 5.56 Å². The van der Waals surface area contributed by atoms with Gasteiger partial charge < -0.3 is 15.0 Å². The molecule has 0 unspecified atom stereocenters. The number of morpholine rings is 1. The van der Waals surface area contributed by atoms with E-state index in [1.54, 1.807) is 28.5 Å². The third-order valence-electron chi connectivity index (χ3n) is 4.36. The first kappa shape index (κ1) is 17.3. The minimum absolute atomic E-state index is 0.0582. The molecular formula is C19H18ClN3O2S. The summed E-state index contributed by atoms with van der Waals surface area (Å²) in [5, 5.41) is 7.02. The molecule has 4 rings (SSSR count). The number of amides is 1. The van der Waals surface area contributed by atoms with Crippen LogP contribution in [0.5, 0.6) is 0 Å². The van der Waals surface area contributed by atoms with Crippen LogP contribution in [0.15, 0.2) is 41.9 Å². The highest BCUT2D eigenvalue weighted by Gasteiger charge is 2.19. The predicted molar refractivity (Wildman–Crippen MR) is 105 cm³/mol. The maximum absolute atomic E-state index is 12.5. The molecule has 2 aromatic heterocycles. The fraction of sp³-hybridized carbons (Fsp3) is 0.263. The summed E-state index contributed by atoms with van der Waals surface area (Å²) in [5.74, 6) is 0.521. The van der Waals surface area contributed by atoms with Gasteiger partial charge in [-0.25, -0.2) is 4.98 Å². The number of rotatable bonds is 4. The first-order valence-electron chi connectivity index (χ1n) is 8.43. The van der Waals surface area contributed by atoms with E-state index in [1.807, 2.05) is 0 Å². The summed E-state index contributed by atoms with van der Waals surface area (Å²) >= 11 is 8.07. The second-order valence-electron chi connectivity index (χ2n) is 6.11. The van der Waals surface area contributed by atoms with E-state index in [0.29, 0.717) is 49.3 Å². The van der Waals surface area contributed by atoms with Crippen LogP contribution >= 0.6 is 22.9 Å². The number of halogens is 1. The minimum Gasteiger partial charge on any atom is -0.378 e. The van der Waals surface area contributed by atoms with Gasteiger partial charge in [0.2, 0.25) is 0 Å². The van der Waals surface area contributed by atoms with Crippen LogP contribution in [0.3, 0.4) is 0 Å². The van der Waals surface area contributed by atoms with E-state index >= 15 is 0 Å². The number of hydrogen-bond acceptors (Lipinski definition) is 5. The summed E-state index contributed by atoms with van der Waals surface area (Å²) in [6.45, 7) is 2.96. The zero-order valence-electron chi connectivity index (χ0n) is 14.1. The second kappa shape index (κ2) is 7.61. The van der Waals surface area contributed by atoms with Gasteiger partial charge in [0.25, 0.3) is 5.91 Å². The summed E-state index contributed by atoms with van der Waals surface area (Å²) in [5.41, 5.74) is 1.66. The third-order valence-corrected chi connectivity index (χ3v) is 5.55. The molecule has 134 valence electrons. The van der Waals surface area contributed by atoms with E-state index in [4.69, 9.17) is 16.3 Å². The van der Waals surface area contributed by atoms with Gasteiger partial charge in [-0.3, -0.25) is 4.79 Å². The maximum Gasteiger partial charge on any atom is 0.255 e.